The molecule has 0 fully saturated rings. The van der Waals surface area contributed by atoms with E-state index in [4.69, 9.17) is 11.6 Å². The first-order chi connectivity index (χ1) is 13.2. The summed E-state index contributed by atoms with van der Waals surface area (Å²) in [6.07, 6.45) is 0. The van der Waals surface area contributed by atoms with Gasteiger partial charge < -0.3 is 0 Å². The summed E-state index contributed by atoms with van der Waals surface area (Å²) in [5.74, 6) is -0.994. The maximum Gasteiger partial charge on any atom is 0.264 e. The first kappa shape index (κ1) is 20.1. The molecule has 0 saturated heterocycles. The highest BCUT2D eigenvalue weighted by Crippen LogP contribution is 2.23. The third-order valence-electron chi connectivity index (χ3n) is 3.63. The van der Waals surface area contributed by atoms with Crippen molar-refractivity contribution in [2.75, 3.05) is 9.44 Å². The zero-order chi connectivity index (χ0) is 20.4. The molecular formula is C18H14ClFN2O4S2. The molecule has 0 atom stereocenters. The Balaban J connectivity index is 1.81. The SMILES string of the molecule is O=S(=O)(Nc1ccccc1)c1ccc(NS(=O)(=O)c2ccc(Cl)cc2F)cc1. The molecule has 0 radical (unpaired) electrons. The molecule has 0 bridgehead atoms. The Morgan fingerprint density at radius 2 is 1.29 bits per heavy atom. The number of anilines is 2. The van der Waals surface area contributed by atoms with E-state index in [1.54, 1.807) is 30.3 Å². The van der Waals surface area contributed by atoms with Crippen LogP contribution in [0.25, 0.3) is 0 Å². The van der Waals surface area contributed by atoms with E-state index in [9.17, 15) is 21.2 Å². The highest BCUT2D eigenvalue weighted by Gasteiger charge is 2.20. The van der Waals surface area contributed by atoms with Gasteiger partial charge >= 0.3 is 0 Å². The van der Waals surface area contributed by atoms with Crippen LogP contribution in [0.2, 0.25) is 5.02 Å². The molecule has 0 amide bonds. The van der Waals surface area contributed by atoms with Crippen LogP contribution >= 0.6 is 11.6 Å². The van der Waals surface area contributed by atoms with Gasteiger partial charge in [-0.25, -0.2) is 21.2 Å². The number of nitrogens with one attached hydrogen (secondary N) is 2. The standard InChI is InChI=1S/C18H14ClFN2O4S2/c19-13-6-11-18(17(20)12-13)28(25,26)22-15-7-9-16(10-8-15)27(23,24)21-14-4-2-1-3-5-14/h1-12,21-22H. The zero-order valence-corrected chi connectivity index (χ0v) is 16.5. The lowest BCUT2D eigenvalue weighted by Gasteiger charge is -2.11. The van der Waals surface area contributed by atoms with Gasteiger partial charge in [0, 0.05) is 16.4 Å². The van der Waals surface area contributed by atoms with Crippen molar-refractivity contribution in [2.45, 2.75) is 9.79 Å². The van der Waals surface area contributed by atoms with Gasteiger partial charge in [-0.2, -0.15) is 0 Å². The molecule has 3 aromatic carbocycles. The lowest BCUT2D eigenvalue weighted by Crippen LogP contribution is -2.15. The molecule has 0 aliphatic heterocycles. The van der Waals surface area contributed by atoms with E-state index in [0.29, 0.717) is 5.69 Å². The van der Waals surface area contributed by atoms with E-state index < -0.39 is 30.8 Å². The van der Waals surface area contributed by atoms with Gasteiger partial charge in [-0.3, -0.25) is 9.44 Å². The molecule has 10 heteroatoms. The predicted molar refractivity (Wildman–Crippen MR) is 106 cm³/mol. The number of hydrogen-bond acceptors (Lipinski definition) is 4. The Bertz CT molecular complexity index is 1200. The Hall–Kier alpha value is -2.62. The number of rotatable bonds is 6. The van der Waals surface area contributed by atoms with Crippen LogP contribution in [-0.4, -0.2) is 16.8 Å². The molecule has 0 aromatic heterocycles. The molecule has 3 aromatic rings. The molecule has 0 aliphatic rings. The maximum absolute atomic E-state index is 13.9. The lowest BCUT2D eigenvalue weighted by atomic mass is 10.3. The molecule has 2 N–H and O–H groups in total. The van der Waals surface area contributed by atoms with Crippen molar-refractivity contribution in [3.8, 4) is 0 Å². The summed E-state index contributed by atoms with van der Waals surface area (Å²) in [4.78, 5) is -0.628. The number of para-hydroxylation sites is 1. The number of benzene rings is 3. The molecule has 0 heterocycles. The Kier molecular flexibility index (Phi) is 5.59. The minimum absolute atomic E-state index is 0.0584. The quantitative estimate of drug-likeness (QED) is 0.604. The van der Waals surface area contributed by atoms with Crippen LogP contribution in [-0.2, 0) is 20.0 Å². The summed E-state index contributed by atoms with van der Waals surface area (Å²) in [7, 11) is -8.05. The van der Waals surface area contributed by atoms with Crippen LogP contribution in [0.3, 0.4) is 0 Å². The molecule has 0 spiro atoms. The Labute approximate surface area is 167 Å². The summed E-state index contributed by atoms with van der Waals surface area (Å²) in [6.45, 7) is 0. The van der Waals surface area contributed by atoms with Crippen LogP contribution in [0, 0.1) is 5.82 Å². The van der Waals surface area contributed by atoms with E-state index in [1.807, 2.05) is 0 Å². The van der Waals surface area contributed by atoms with Crippen molar-refractivity contribution < 1.29 is 21.2 Å². The normalized spacial score (nSPS) is 11.8. The molecule has 6 nitrogen and oxygen atoms in total. The van der Waals surface area contributed by atoms with Gasteiger partial charge in [0.2, 0.25) is 0 Å². The fraction of sp³-hybridized carbons (Fsp3) is 0. The summed E-state index contributed by atoms with van der Waals surface area (Å²) >= 11 is 5.63. The average Bonchev–Trinajstić information content (AvgIpc) is 2.62. The largest absolute Gasteiger partial charge is 0.280 e. The first-order valence-electron chi connectivity index (χ1n) is 7.83. The van der Waals surface area contributed by atoms with Gasteiger partial charge in [-0.05, 0) is 54.6 Å². The number of halogens is 2. The summed E-state index contributed by atoms with van der Waals surface area (Å²) in [5.41, 5.74) is 0.471. The van der Waals surface area contributed by atoms with Crippen molar-refractivity contribution in [1.82, 2.24) is 0 Å². The van der Waals surface area contributed by atoms with Gasteiger partial charge in [0.1, 0.15) is 10.7 Å². The first-order valence-corrected chi connectivity index (χ1v) is 11.2. The second-order valence-corrected chi connectivity index (χ2v) is 9.45. The number of hydrogen-bond donors (Lipinski definition) is 2. The molecule has 0 saturated carbocycles. The summed E-state index contributed by atoms with van der Waals surface area (Å²) in [5, 5.41) is 0.0666. The van der Waals surface area contributed by atoms with Gasteiger partial charge in [-0.1, -0.05) is 29.8 Å². The second kappa shape index (κ2) is 7.78. The highest BCUT2D eigenvalue weighted by atomic mass is 35.5. The minimum atomic E-state index is -4.21. The van der Waals surface area contributed by atoms with E-state index in [0.717, 1.165) is 12.1 Å². The fourth-order valence-electron chi connectivity index (χ4n) is 2.33. The summed E-state index contributed by atoms with van der Waals surface area (Å²) < 4.78 is 67.9. The maximum atomic E-state index is 13.9. The van der Waals surface area contributed by atoms with Crippen LogP contribution < -0.4 is 9.44 Å². The minimum Gasteiger partial charge on any atom is -0.280 e. The topological polar surface area (TPSA) is 92.3 Å². The van der Waals surface area contributed by atoms with E-state index in [2.05, 4.69) is 9.44 Å². The van der Waals surface area contributed by atoms with Gasteiger partial charge in [0.15, 0.2) is 0 Å². The smallest absolute Gasteiger partial charge is 0.264 e. The van der Waals surface area contributed by atoms with Crippen molar-refractivity contribution in [1.29, 1.82) is 0 Å². The second-order valence-electron chi connectivity index (χ2n) is 5.68. The van der Waals surface area contributed by atoms with Crippen LogP contribution in [0.1, 0.15) is 0 Å². The van der Waals surface area contributed by atoms with E-state index in [-0.39, 0.29) is 15.6 Å². The Morgan fingerprint density at radius 1 is 0.714 bits per heavy atom. The fourth-order valence-corrected chi connectivity index (χ4v) is 4.66. The lowest BCUT2D eigenvalue weighted by molar-refractivity contribution is 0.570. The van der Waals surface area contributed by atoms with Gasteiger partial charge in [-0.15, -0.1) is 0 Å². The van der Waals surface area contributed by atoms with Gasteiger partial charge in [0.05, 0.1) is 4.90 Å². The monoisotopic (exact) mass is 440 g/mol. The molecule has 0 aliphatic carbocycles. The average molecular weight is 441 g/mol. The Morgan fingerprint density at radius 3 is 1.89 bits per heavy atom. The molecule has 28 heavy (non-hydrogen) atoms. The highest BCUT2D eigenvalue weighted by molar-refractivity contribution is 7.93. The van der Waals surface area contributed by atoms with Crippen LogP contribution in [0.4, 0.5) is 15.8 Å². The van der Waals surface area contributed by atoms with Crippen LogP contribution in [0.15, 0.2) is 82.6 Å². The number of sulfonamides is 2. The zero-order valence-electron chi connectivity index (χ0n) is 14.1. The van der Waals surface area contributed by atoms with Gasteiger partial charge in [0.25, 0.3) is 20.0 Å². The molecular weight excluding hydrogens is 427 g/mol. The molecule has 0 unspecified atom stereocenters. The van der Waals surface area contributed by atoms with Crippen molar-refractivity contribution in [3.63, 3.8) is 0 Å². The van der Waals surface area contributed by atoms with Crippen molar-refractivity contribution >= 4 is 43.0 Å². The molecule has 3 rings (SSSR count). The van der Waals surface area contributed by atoms with E-state index >= 15 is 0 Å². The third kappa shape index (κ3) is 4.61. The summed E-state index contributed by atoms with van der Waals surface area (Å²) in [6, 6.07) is 16.5. The predicted octanol–water partition coefficient (Wildman–Crippen LogP) is 4.08. The van der Waals surface area contributed by atoms with Crippen molar-refractivity contribution in [3.05, 3.63) is 83.6 Å². The van der Waals surface area contributed by atoms with Crippen molar-refractivity contribution in [2.24, 2.45) is 0 Å². The van der Waals surface area contributed by atoms with Crippen LogP contribution in [0.5, 0.6) is 0 Å². The molecule has 146 valence electrons. The van der Waals surface area contributed by atoms with E-state index in [1.165, 1.54) is 30.3 Å². The third-order valence-corrected chi connectivity index (χ3v) is 6.67.